The van der Waals surface area contributed by atoms with Crippen molar-refractivity contribution in [3.8, 4) is 5.75 Å². The first kappa shape index (κ1) is 21.1. The smallest absolute Gasteiger partial charge is 0.324 e. The number of ether oxygens (including phenoxy) is 2. The van der Waals surface area contributed by atoms with Crippen LogP contribution >= 0.6 is 0 Å². The molecule has 158 valence electrons. The van der Waals surface area contributed by atoms with E-state index in [0.29, 0.717) is 25.3 Å². The average Bonchev–Trinajstić information content (AvgIpc) is 3.02. The van der Waals surface area contributed by atoms with Gasteiger partial charge in [-0.3, -0.25) is 14.5 Å². The number of carbonyl (C=O) groups is 3. The van der Waals surface area contributed by atoms with Gasteiger partial charge in [0.2, 0.25) is 5.91 Å². The Morgan fingerprint density at radius 2 is 2.03 bits per heavy atom. The molecule has 1 aromatic rings. The summed E-state index contributed by atoms with van der Waals surface area (Å²) < 4.78 is 10.6. The highest BCUT2D eigenvalue weighted by atomic mass is 16.5. The van der Waals surface area contributed by atoms with Gasteiger partial charge >= 0.3 is 6.03 Å². The predicted molar refractivity (Wildman–Crippen MR) is 107 cm³/mol. The summed E-state index contributed by atoms with van der Waals surface area (Å²) in [7, 11) is 1.59. The van der Waals surface area contributed by atoms with Gasteiger partial charge < -0.3 is 20.1 Å². The lowest BCUT2D eigenvalue weighted by Gasteiger charge is -2.22. The number of nitrogens with one attached hydrogen (secondary N) is 2. The van der Waals surface area contributed by atoms with Gasteiger partial charge in [-0.05, 0) is 43.2 Å². The first-order valence-corrected chi connectivity index (χ1v) is 10.2. The highest BCUT2D eigenvalue weighted by molar-refractivity contribution is 6.04. The Morgan fingerprint density at radius 3 is 2.79 bits per heavy atom. The number of para-hydroxylation sites is 1. The summed E-state index contributed by atoms with van der Waals surface area (Å²) in [4.78, 5) is 38.1. The zero-order valence-corrected chi connectivity index (χ0v) is 16.8. The fraction of sp³-hybridized carbons (Fsp3) is 0.571. The molecular weight excluding hydrogens is 374 g/mol. The van der Waals surface area contributed by atoms with Crippen LogP contribution in [-0.4, -0.2) is 62.2 Å². The molecule has 0 aromatic heterocycles. The van der Waals surface area contributed by atoms with Gasteiger partial charge in [-0.25, -0.2) is 4.79 Å². The SMILES string of the molecule is COc1ccccc1CCN1C(=O)NC(CCC(=O)NCC2CCOCC2)C1=O. The normalized spacial score (nSPS) is 19.9. The van der Waals surface area contributed by atoms with Gasteiger partial charge in [-0.1, -0.05) is 18.2 Å². The molecule has 3 rings (SSSR count). The Morgan fingerprint density at radius 1 is 1.28 bits per heavy atom. The lowest BCUT2D eigenvalue weighted by atomic mass is 10.0. The van der Waals surface area contributed by atoms with Crippen molar-refractivity contribution in [2.45, 2.75) is 38.1 Å². The van der Waals surface area contributed by atoms with E-state index in [1.807, 2.05) is 24.3 Å². The molecule has 8 heteroatoms. The van der Waals surface area contributed by atoms with Crippen molar-refractivity contribution in [2.24, 2.45) is 5.92 Å². The fourth-order valence-corrected chi connectivity index (χ4v) is 3.70. The van der Waals surface area contributed by atoms with E-state index in [2.05, 4.69) is 10.6 Å². The minimum Gasteiger partial charge on any atom is -0.496 e. The van der Waals surface area contributed by atoms with Crippen LogP contribution in [0.2, 0.25) is 0 Å². The Labute approximate surface area is 170 Å². The third kappa shape index (κ3) is 5.69. The Hall–Kier alpha value is -2.61. The van der Waals surface area contributed by atoms with Crippen molar-refractivity contribution in [3.63, 3.8) is 0 Å². The van der Waals surface area contributed by atoms with Gasteiger partial charge in [-0.2, -0.15) is 0 Å². The van der Waals surface area contributed by atoms with Crippen LogP contribution in [0.3, 0.4) is 0 Å². The second-order valence-electron chi connectivity index (χ2n) is 7.45. The largest absolute Gasteiger partial charge is 0.496 e. The standard InChI is InChI=1S/C21H29N3O5/c1-28-18-5-3-2-4-16(18)8-11-24-20(26)17(23-21(24)27)6-7-19(25)22-14-15-9-12-29-13-10-15/h2-5,15,17H,6-14H2,1H3,(H,22,25)(H,23,27). The summed E-state index contributed by atoms with van der Waals surface area (Å²) in [5, 5.41) is 5.62. The number of methoxy groups -OCH3 is 1. The van der Waals surface area contributed by atoms with Crippen LogP contribution in [0.25, 0.3) is 0 Å². The Bertz CT molecular complexity index is 733. The van der Waals surface area contributed by atoms with Gasteiger partial charge in [0.15, 0.2) is 0 Å². The molecule has 4 amide bonds. The summed E-state index contributed by atoms with van der Waals surface area (Å²) >= 11 is 0. The van der Waals surface area contributed by atoms with E-state index in [1.54, 1.807) is 7.11 Å². The van der Waals surface area contributed by atoms with E-state index in [9.17, 15) is 14.4 Å². The van der Waals surface area contributed by atoms with Crippen molar-refractivity contribution in [3.05, 3.63) is 29.8 Å². The highest BCUT2D eigenvalue weighted by Crippen LogP contribution is 2.19. The predicted octanol–water partition coefficient (Wildman–Crippen LogP) is 1.48. The van der Waals surface area contributed by atoms with Crippen LogP contribution < -0.4 is 15.4 Å². The maximum absolute atomic E-state index is 12.6. The monoisotopic (exact) mass is 403 g/mol. The maximum Gasteiger partial charge on any atom is 0.324 e. The zero-order chi connectivity index (χ0) is 20.6. The maximum atomic E-state index is 12.6. The summed E-state index contributed by atoms with van der Waals surface area (Å²) in [6, 6.07) is 6.48. The van der Waals surface area contributed by atoms with E-state index in [-0.39, 0.29) is 24.8 Å². The number of benzene rings is 1. The molecule has 0 bridgehead atoms. The molecule has 1 unspecified atom stereocenters. The number of imide groups is 1. The Balaban J connectivity index is 1.43. The topological polar surface area (TPSA) is 97.0 Å². The van der Waals surface area contributed by atoms with Crippen LogP contribution in [-0.2, 0) is 20.7 Å². The number of hydrogen-bond acceptors (Lipinski definition) is 5. The molecule has 0 radical (unpaired) electrons. The molecule has 2 aliphatic heterocycles. The minimum absolute atomic E-state index is 0.0917. The first-order valence-electron chi connectivity index (χ1n) is 10.2. The summed E-state index contributed by atoms with van der Waals surface area (Å²) in [5.41, 5.74) is 0.937. The number of urea groups is 1. The molecule has 2 fully saturated rings. The van der Waals surface area contributed by atoms with Crippen LogP contribution in [0.1, 0.15) is 31.2 Å². The molecule has 2 aliphatic rings. The molecule has 0 saturated carbocycles. The van der Waals surface area contributed by atoms with E-state index in [0.717, 1.165) is 37.4 Å². The fourth-order valence-electron chi connectivity index (χ4n) is 3.70. The lowest BCUT2D eigenvalue weighted by Crippen LogP contribution is -2.35. The van der Waals surface area contributed by atoms with Crippen molar-refractivity contribution < 1.29 is 23.9 Å². The average molecular weight is 403 g/mol. The van der Waals surface area contributed by atoms with Gasteiger partial charge in [0.1, 0.15) is 11.8 Å². The molecule has 2 N–H and O–H groups in total. The number of amides is 4. The minimum atomic E-state index is -0.644. The van der Waals surface area contributed by atoms with Crippen LogP contribution in [0.15, 0.2) is 24.3 Å². The molecule has 0 spiro atoms. The molecule has 1 atom stereocenters. The molecule has 1 aromatic carbocycles. The molecule has 29 heavy (non-hydrogen) atoms. The van der Waals surface area contributed by atoms with E-state index in [1.165, 1.54) is 4.90 Å². The summed E-state index contributed by atoms with van der Waals surface area (Å²) in [6.45, 7) is 2.40. The number of carbonyl (C=O) groups excluding carboxylic acids is 3. The van der Waals surface area contributed by atoms with Crippen LogP contribution in [0.4, 0.5) is 4.79 Å². The van der Waals surface area contributed by atoms with Crippen molar-refractivity contribution >= 4 is 17.8 Å². The van der Waals surface area contributed by atoms with E-state index < -0.39 is 12.1 Å². The van der Waals surface area contributed by atoms with E-state index in [4.69, 9.17) is 9.47 Å². The molecule has 0 aliphatic carbocycles. The number of nitrogens with zero attached hydrogens (tertiary/aromatic N) is 1. The lowest BCUT2D eigenvalue weighted by molar-refractivity contribution is -0.127. The molecule has 8 nitrogen and oxygen atoms in total. The Kier molecular flexibility index (Phi) is 7.46. The molecule has 2 heterocycles. The van der Waals surface area contributed by atoms with Crippen molar-refractivity contribution in [1.82, 2.24) is 15.5 Å². The number of rotatable bonds is 9. The van der Waals surface area contributed by atoms with Crippen molar-refractivity contribution in [2.75, 3.05) is 33.4 Å². The second-order valence-corrected chi connectivity index (χ2v) is 7.45. The van der Waals surface area contributed by atoms with Gasteiger partial charge in [0.25, 0.3) is 5.91 Å². The quantitative estimate of drug-likeness (QED) is 0.609. The first-order chi connectivity index (χ1) is 14.1. The molecule has 2 saturated heterocycles. The van der Waals surface area contributed by atoms with Crippen LogP contribution in [0.5, 0.6) is 5.75 Å². The second kappa shape index (κ2) is 10.2. The molecular formula is C21H29N3O5. The number of hydrogen-bond donors (Lipinski definition) is 2. The third-order valence-corrected chi connectivity index (χ3v) is 5.49. The highest BCUT2D eigenvalue weighted by Gasteiger charge is 2.37. The zero-order valence-electron chi connectivity index (χ0n) is 16.8. The summed E-state index contributed by atoms with van der Waals surface area (Å²) in [5.74, 6) is 0.816. The van der Waals surface area contributed by atoms with Crippen LogP contribution in [0, 0.1) is 5.92 Å². The van der Waals surface area contributed by atoms with E-state index >= 15 is 0 Å². The van der Waals surface area contributed by atoms with Gasteiger partial charge in [0, 0.05) is 32.7 Å². The van der Waals surface area contributed by atoms with Crippen molar-refractivity contribution in [1.29, 1.82) is 0 Å². The third-order valence-electron chi connectivity index (χ3n) is 5.49. The van der Waals surface area contributed by atoms with Gasteiger partial charge in [0.05, 0.1) is 7.11 Å². The van der Waals surface area contributed by atoms with Gasteiger partial charge in [-0.15, -0.1) is 0 Å². The summed E-state index contributed by atoms with van der Waals surface area (Å²) in [6.07, 6.45) is 2.94.